The van der Waals surface area contributed by atoms with Crippen LogP contribution in [0.2, 0.25) is 0 Å². The molecule has 0 saturated heterocycles. The van der Waals surface area contributed by atoms with Gasteiger partial charge in [-0.1, -0.05) is 6.08 Å². The minimum atomic E-state index is -0.980. The van der Waals surface area contributed by atoms with Crippen LogP contribution in [0.1, 0.15) is 6.42 Å². The first-order valence-corrected chi connectivity index (χ1v) is 2.35. The van der Waals surface area contributed by atoms with E-state index in [1.807, 2.05) is 0 Å². The fourth-order valence-corrected chi connectivity index (χ4v) is 0.281. The van der Waals surface area contributed by atoms with E-state index in [9.17, 15) is 4.79 Å². The number of amides is 1. The number of hydrogen-bond donors (Lipinski definition) is 2. The van der Waals surface area contributed by atoms with Crippen molar-refractivity contribution in [2.45, 2.75) is 6.42 Å². The fraction of sp³-hybridized carbons (Fsp3) is 0.400. The molecular formula is C5H9NO2. The van der Waals surface area contributed by atoms with Gasteiger partial charge in [0, 0.05) is 6.54 Å². The van der Waals surface area contributed by atoms with Crippen molar-refractivity contribution in [2.24, 2.45) is 0 Å². The molecule has 0 rings (SSSR count). The van der Waals surface area contributed by atoms with Gasteiger partial charge in [0.1, 0.15) is 0 Å². The van der Waals surface area contributed by atoms with Gasteiger partial charge in [-0.05, 0) is 6.42 Å². The van der Waals surface area contributed by atoms with E-state index in [-0.39, 0.29) is 0 Å². The van der Waals surface area contributed by atoms with Gasteiger partial charge >= 0.3 is 6.09 Å². The summed E-state index contributed by atoms with van der Waals surface area (Å²) in [7, 11) is 0. The molecule has 1 amide bonds. The average Bonchev–Trinajstić information content (AvgIpc) is 1.66. The third-order valence-electron chi connectivity index (χ3n) is 0.625. The van der Waals surface area contributed by atoms with Gasteiger partial charge in [-0.15, -0.1) is 6.58 Å². The molecule has 0 heterocycles. The Morgan fingerprint density at radius 3 is 2.88 bits per heavy atom. The lowest BCUT2D eigenvalue weighted by Gasteiger charge is -1.92. The van der Waals surface area contributed by atoms with E-state index < -0.39 is 6.09 Å². The maximum atomic E-state index is 9.73. The number of carbonyl (C=O) groups is 1. The molecule has 8 heavy (non-hydrogen) atoms. The topological polar surface area (TPSA) is 49.3 Å². The lowest BCUT2D eigenvalue weighted by Crippen LogP contribution is -2.21. The third-order valence-corrected chi connectivity index (χ3v) is 0.625. The molecule has 0 aliphatic heterocycles. The molecule has 0 bridgehead atoms. The van der Waals surface area contributed by atoms with Gasteiger partial charge in [-0.25, -0.2) is 4.79 Å². The van der Waals surface area contributed by atoms with Gasteiger partial charge in [0.15, 0.2) is 0 Å². The molecule has 3 nitrogen and oxygen atoms in total. The quantitative estimate of drug-likeness (QED) is 0.422. The van der Waals surface area contributed by atoms with E-state index in [0.29, 0.717) is 13.0 Å². The minimum Gasteiger partial charge on any atom is -0.465 e. The average molecular weight is 115 g/mol. The molecule has 46 valence electrons. The second-order valence-corrected chi connectivity index (χ2v) is 1.31. The maximum Gasteiger partial charge on any atom is 0.404 e. The Balaban J connectivity index is 2.93. The van der Waals surface area contributed by atoms with Crippen molar-refractivity contribution in [1.29, 1.82) is 0 Å². The standard InChI is InChI=1S/C5H9NO2/c1-2-3-4-6-5(7)8/h2,6H,1,3-4H2,(H,7,8). The summed E-state index contributed by atoms with van der Waals surface area (Å²) < 4.78 is 0. The molecule has 0 aromatic carbocycles. The van der Waals surface area contributed by atoms with Crippen molar-refractivity contribution in [2.75, 3.05) is 6.54 Å². The van der Waals surface area contributed by atoms with Crippen molar-refractivity contribution in [1.82, 2.24) is 5.32 Å². The highest BCUT2D eigenvalue weighted by Crippen LogP contribution is 1.73. The zero-order valence-electron chi connectivity index (χ0n) is 4.55. The molecule has 0 aromatic rings. The van der Waals surface area contributed by atoms with Crippen LogP contribution in [-0.4, -0.2) is 17.7 Å². The molecule has 0 aliphatic carbocycles. The largest absolute Gasteiger partial charge is 0.465 e. The summed E-state index contributed by atoms with van der Waals surface area (Å²) in [4.78, 5) is 9.73. The molecule has 0 atom stereocenters. The summed E-state index contributed by atoms with van der Waals surface area (Å²) in [6, 6.07) is 0. The summed E-state index contributed by atoms with van der Waals surface area (Å²) in [5.74, 6) is 0. The molecule has 0 radical (unpaired) electrons. The first-order valence-electron chi connectivity index (χ1n) is 2.35. The van der Waals surface area contributed by atoms with Crippen LogP contribution in [0.3, 0.4) is 0 Å². The van der Waals surface area contributed by atoms with Crippen molar-refractivity contribution < 1.29 is 9.90 Å². The van der Waals surface area contributed by atoms with Gasteiger partial charge in [0.05, 0.1) is 0 Å². The molecule has 3 heteroatoms. The van der Waals surface area contributed by atoms with E-state index >= 15 is 0 Å². The number of rotatable bonds is 3. The Labute approximate surface area is 48.0 Å². The molecule has 0 saturated carbocycles. The van der Waals surface area contributed by atoms with Gasteiger partial charge < -0.3 is 10.4 Å². The lowest BCUT2D eigenvalue weighted by atomic mass is 10.4. The highest BCUT2D eigenvalue weighted by Gasteiger charge is 1.87. The van der Waals surface area contributed by atoms with Crippen LogP contribution < -0.4 is 5.32 Å². The van der Waals surface area contributed by atoms with Crippen LogP contribution in [0, 0.1) is 0 Å². The van der Waals surface area contributed by atoms with E-state index in [4.69, 9.17) is 5.11 Å². The number of carboxylic acid groups (broad SMARTS) is 1. The zero-order chi connectivity index (χ0) is 6.41. The summed E-state index contributed by atoms with van der Waals surface area (Å²) in [6.45, 7) is 3.88. The van der Waals surface area contributed by atoms with E-state index in [2.05, 4.69) is 11.9 Å². The van der Waals surface area contributed by atoms with Gasteiger partial charge in [-0.3, -0.25) is 0 Å². The lowest BCUT2D eigenvalue weighted by molar-refractivity contribution is 0.194. The van der Waals surface area contributed by atoms with Crippen LogP contribution in [0.15, 0.2) is 12.7 Å². The van der Waals surface area contributed by atoms with Crippen molar-refractivity contribution >= 4 is 6.09 Å². The SMILES string of the molecule is C=CCCNC(=O)O. The van der Waals surface area contributed by atoms with Crippen molar-refractivity contribution in [3.05, 3.63) is 12.7 Å². The molecule has 0 aromatic heterocycles. The van der Waals surface area contributed by atoms with Crippen molar-refractivity contribution in [3.63, 3.8) is 0 Å². The summed E-state index contributed by atoms with van der Waals surface area (Å²) >= 11 is 0. The van der Waals surface area contributed by atoms with Crippen molar-refractivity contribution in [3.8, 4) is 0 Å². The summed E-state index contributed by atoms with van der Waals surface area (Å²) in [5.41, 5.74) is 0. The van der Waals surface area contributed by atoms with Gasteiger partial charge in [0.2, 0.25) is 0 Å². The summed E-state index contributed by atoms with van der Waals surface area (Å²) in [6.07, 6.45) is 1.37. The Bertz CT molecular complexity index is 90.4. The van der Waals surface area contributed by atoms with E-state index in [1.165, 1.54) is 0 Å². The molecule has 0 unspecified atom stereocenters. The van der Waals surface area contributed by atoms with Crippen LogP contribution in [-0.2, 0) is 0 Å². The Morgan fingerprint density at radius 1 is 1.88 bits per heavy atom. The third kappa shape index (κ3) is 5.01. The molecule has 0 fully saturated rings. The number of hydrogen-bond acceptors (Lipinski definition) is 1. The normalized spacial score (nSPS) is 8.00. The second kappa shape index (κ2) is 4.18. The second-order valence-electron chi connectivity index (χ2n) is 1.31. The zero-order valence-corrected chi connectivity index (χ0v) is 4.55. The Hall–Kier alpha value is -0.990. The first-order chi connectivity index (χ1) is 3.77. The van der Waals surface area contributed by atoms with Crippen LogP contribution in [0.5, 0.6) is 0 Å². The Morgan fingerprint density at radius 2 is 2.50 bits per heavy atom. The highest BCUT2D eigenvalue weighted by atomic mass is 16.4. The number of nitrogens with one attached hydrogen (secondary N) is 1. The smallest absolute Gasteiger partial charge is 0.404 e. The van der Waals surface area contributed by atoms with Gasteiger partial charge in [-0.2, -0.15) is 0 Å². The molecular weight excluding hydrogens is 106 g/mol. The van der Waals surface area contributed by atoms with E-state index in [1.54, 1.807) is 6.08 Å². The van der Waals surface area contributed by atoms with Crippen LogP contribution >= 0.6 is 0 Å². The van der Waals surface area contributed by atoms with Crippen LogP contribution in [0.4, 0.5) is 4.79 Å². The Kier molecular flexibility index (Phi) is 3.66. The molecule has 2 N–H and O–H groups in total. The van der Waals surface area contributed by atoms with E-state index in [0.717, 1.165) is 0 Å². The predicted octanol–water partition coefficient (Wildman–Crippen LogP) is 0.830. The minimum absolute atomic E-state index is 0.457. The maximum absolute atomic E-state index is 9.73. The highest BCUT2D eigenvalue weighted by molar-refractivity contribution is 5.64. The molecule has 0 spiro atoms. The fourth-order valence-electron chi connectivity index (χ4n) is 0.281. The first kappa shape index (κ1) is 7.01. The van der Waals surface area contributed by atoms with Crippen LogP contribution in [0.25, 0.3) is 0 Å². The van der Waals surface area contributed by atoms with Gasteiger partial charge in [0.25, 0.3) is 0 Å². The summed E-state index contributed by atoms with van der Waals surface area (Å²) in [5, 5.41) is 10.2. The molecule has 0 aliphatic rings. The monoisotopic (exact) mass is 115 g/mol. The predicted molar refractivity (Wildman–Crippen MR) is 30.8 cm³/mol.